The van der Waals surface area contributed by atoms with Crippen molar-refractivity contribution in [3.63, 3.8) is 0 Å². The van der Waals surface area contributed by atoms with Gasteiger partial charge in [-0.1, -0.05) is 13.0 Å². The molecule has 2 unspecified atom stereocenters. The minimum atomic E-state index is -0.0280. The van der Waals surface area contributed by atoms with Crippen LogP contribution in [0.4, 0.5) is 0 Å². The molecule has 1 aliphatic heterocycles. The Kier molecular flexibility index (Phi) is 3.97. The molecule has 1 amide bonds. The number of hydrogen-bond acceptors (Lipinski definition) is 3. The van der Waals surface area contributed by atoms with Gasteiger partial charge in [-0.15, -0.1) is 0 Å². The summed E-state index contributed by atoms with van der Waals surface area (Å²) in [6, 6.07) is 5.88. The zero-order valence-electron chi connectivity index (χ0n) is 11.3. The van der Waals surface area contributed by atoms with Crippen molar-refractivity contribution in [2.45, 2.75) is 32.9 Å². The monoisotopic (exact) mass is 247 g/mol. The van der Waals surface area contributed by atoms with E-state index in [1.165, 1.54) is 0 Å². The van der Waals surface area contributed by atoms with E-state index in [1.54, 1.807) is 4.90 Å². The molecule has 1 N–H and O–H groups in total. The van der Waals surface area contributed by atoms with Crippen LogP contribution in [-0.2, 0) is 11.3 Å². The molecule has 0 saturated carbocycles. The van der Waals surface area contributed by atoms with Gasteiger partial charge in [0.2, 0.25) is 5.91 Å². The largest absolute Gasteiger partial charge is 0.338 e. The van der Waals surface area contributed by atoms with Gasteiger partial charge in [0.25, 0.3) is 0 Å². The van der Waals surface area contributed by atoms with Gasteiger partial charge in [-0.25, -0.2) is 0 Å². The smallest absolute Gasteiger partial charge is 0.240 e. The maximum absolute atomic E-state index is 12.3. The predicted molar refractivity (Wildman–Crippen MR) is 71.0 cm³/mol. The van der Waals surface area contributed by atoms with Crippen molar-refractivity contribution >= 4 is 5.91 Å². The lowest BCUT2D eigenvalue weighted by molar-refractivity contribution is -0.133. The summed E-state index contributed by atoms with van der Waals surface area (Å²) < 4.78 is 0. The van der Waals surface area contributed by atoms with E-state index in [1.807, 2.05) is 32.2 Å². The average Bonchev–Trinajstić information content (AvgIpc) is 2.74. The summed E-state index contributed by atoms with van der Waals surface area (Å²) in [5.41, 5.74) is 1.93. The SMILES string of the molecule is Cc1cccc(CN(C)C(=O)C2NCCC2C)n1. The predicted octanol–water partition coefficient (Wildman–Crippen LogP) is 1.35. The maximum Gasteiger partial charge on any atom is 0.240 e. The Bertz CT molecular complexity index is 433. The summed E-state index contributed by atoms with van der Waals surface area (Å²) in [6.45, 7) is 5.60. The third kappa shape index (κ3) is 2.88. The van der Waals surface area contributed by atoms with E-state index in [0.29, 0.717) is 12.5 Å². The Morgan fingerprint density at radius 3 is 2.94 bits per heavy atom. The topological polar surface area (TPSA) is 45.2 Å². The number of carbonyl (C=O) groups excluding carboxylic acids is 1. The first-order valence-electron chi connectivity index (χ1n) is 6.49. The zero-order valence-corrected chi connectivity index (χ0v) is 11.3. The van der Waals surface area contributed by atoms with Gasteiger partial charge in [-0.05, 0) is 37.9 Å². The zero-order chi connectivity index (χ0) is 13.1. The van der Waals surface area contributed by atoms with Crippen molar-refractivity contribution in [3.05, 3.63) is 29.6 Å². The molecule has 0 spiro atoms. The van der Waals surface area contributed by atoms with Crippen LogP contribution in [0.15, 0.2) is 18.2 Å². The molecule has 0 aromatic carbocycles. The number of amides is 1. The van der Waals surface area contributed by atoms with Gasteiger partial charge in [0, 0.05) is 12.7 Å². The Morgan fingerprint density at radius 1 is 1.56 bits per heavy atom. The molecule has 98 valence electrons. The van der Waals surface area contributed by atoms with Gasteiger partial charge in [-0.3, -0.25) is 9.78 Å². The molecule has 2 rings (SSSR count). The standard InChI is InChI=1S/C14H21N3O/c1-10-7-8-15-13(10)14(18)17(3)9-12-6-4-5-11(2)16-12/h4-6,10,13,15H,7-9H2,1-3H3. The second kappa shape index (κ2) is 5.48. The molecular formula is C14H21N3O. The fraction of sp³-hybridized carbons (Fsp3) is 0.571. The normalized spacial score (nSPS) is 23.1. The van der Waals surface area contributed by atoms with Crippen LogP contribution in [0, 0.1) is 12.8 Å². The third-order valence-electron chi connectivity index (χ3n) is 3.52. The first-order chi connectivity index (χ1) is 8.58. The van der Waals surface area contributed by atoms with Gasteiger partial charge in [0.1, 0.15) is 0 Å². The van der Waals surface area contributed by atoms with Crippen molar-refractivity contribution in [2.24, 2.45) is 5.92 Å². The van der Waals surface area contributed by atoms with E-state index in [4.69, 9.17) is 0 Å². The lowest BCUT2D eigenvalue weighted by atomic mass is 10.0. The summed E-state index contributed by atoms with van der Waals surface area (Å²) in [5.74, 6) is 0.591. The number of pyridine rings is 1. The van der Waals surface area contributed by atoms with Crippen LogP contribution in [0.25, 0.3) is 0 Å². The van der Waals surface area contributed by atoms with Crippen molar-refractivity contribution in [3.8, 4) is 0 Å². The molecule has 1 fully saturated rings. The first-order valence-corrected chi connectivity index (χ1v) is 6.49. The molecule has 18 heavy (non-hydrogen) atoms. The Labute approximate surface area is 108 Å². The maximum atomic E-state index is 12.3. The van der Waals surface area contributed by atoms with Gasteiger partial charge in [0.05, 0.1) is 18.3 Å². The van der Waals surface area contributed by atoms with E-state index in [-0.39, 0.29) is 11.9 Å². The molecule has 4 heteroatoms. The van der Waals surface area contributed by atoms with Crippen molar-refractivity contribution in [1.29, 1.82) is 0 Å². The molecule has 1 saturated heterocycles. The van der Waals surface area contributed by atoms with E-state index in [9.17, 15) is 4.79 Å². The number of hydrogen-bond donors (Lipinski definition) is 1. The fourth-order valence-corrected chi connectivity index (χ4v) is 2.41. The van der Waals surface area contributed by atoms with Crippen LogP contribution < -0.4 is 5.32 Å². The highest BCUT2D eigenvalue weighted by Crippen LogP contribution is 2.16. The quantitative estimate of drug-likeness (QED) is 0.877. The lowest BCUT2D eigenvalue weighted by Gasteiger charge is -2.23. The molecule has 0 radical (unpaired) electrons. The summed E-state index contributed by atoms with van der Waals surface area (Å²) >= 11 is 0. The molecule has 0 aliphatic carbocycles. The molecule has 1 aliphatic rings. The number of nitrogens with one attached hydrogen (secondary N) is 1. The molecule has 4 nitrogen and oxygen atoms in total. The highest BCUT2D eigenvalue weighted by Gasteiger charge is 2.31. The Balaban J connectivity index is 1.99. The van der Waals surface area contributed by atoms with E-state index in [2.05, 4.69) is 17.2 Å². The van der Waals surface area contributed by atoms with Crippen LogP contribution in [0.5, 0.6) is 0 Å². The number of aromatic nitrogens is 1. The van der Waals surface area contributed by atoms with E-state index in [0.717, 1.165) is 24.4 Å². The summed E-state index contributed by atoms with van der Waals surface area (Å²) in [4.78, 5) is 18.5. The first kappa shape index (κ1) is 13.0. The molecule has 1 aromatic rings. The number of rotatable bonds is 3. The van der Waals surface area contributed by atoms with Gasteiger partial charge in [-0.2, -0.15) is 0 Å². The van der Waals surface area contributed by atoms with Crippen LogP contribution in [0.3, 0.4) is 0 Å². The van der Waals surface area contributed by atoms with Crippen LogP contribution >= 0.6 is 0 Å². The highest BCUT2D eigenvalue weighted by atomic mass is 16.2. The van der Waals surface area contributed by atoms with Gasteiger partial charge >= 0.3 is 0 Å². The minimum absolute atomic E-state index is 0.0280. The molecule has 2 heterocycles. The van der Waals surface area contributed by atoms with E-state index < -0.39 is 0 Å². The molecule has 2 atom stereocenters. The third-order valence-corrected chi connectivity index (χ3v) is 3.52. The van der Waals surface area contributed by atoms with Crippen LogP contribution in [0.1, 0.15) is 24.7 Å². The van der Waals surface area contributed by atoms with Crippen molar-refractivity contribution in [1.82, 2.24) is 15.2 Å². The molecule has 0 bridgehead atoms. The Hall–Kier alpha value is -1.42. The number of carbonyl (C=O) groups is 1. The number of likely N-dealkylation sites (N-methyl/N-ethyl adjacent to an activating group) is 1. The fourth-order valence-electron chi connectivity index (χ4n) is 2.41. The summed E-state index contributed by atoms with van der Waals surface area (Å²) in [6.07, 6.45) is 1.08. The summed E-state index contributed by atoms with van der Waals surface area (Å²) in [5, 5.41) is 3.27. The minimum Gasteiger partial charge on any atom is -0.338 e. The summed E-state index contributed by atoms with van der Waals surface area (Å²) in [7, 11) is 1.85. The second-order valence-corrected chi connectivity index (χ2v) is 5.16. The number of nitrogens with zero attached hydrogens (tertiary/aromatic N) is 2. The highest BCUT2D eigenvalue weighted by molar-refractivity contribution is 5.82. The average molecular weight is 247 g/mol. The molecular weight excluding hydrogens is 226 g/mol. The van der Waals surface area contributed by atoms with Gasteiger partial charge < -0.3 is 10.2 Å². The van der Waals surface area contributed by atoms with Crippen LogP contribution in [0.2, 0.25) is 0 Å². The second-order valence-electron chi connectivity index (χ2n) is 5.16. The van der Waals surface area contributed by atoms with Crippen LogP contribution in [-0.4, -0.2) is 35.4 Å². The van der Waals surface area contributed by atoms with E-state index >= 15 is 0 Å². The molecule has 1 aromatic heterocycles. The van der Waals surface area contributed by atoms with Crippen molar-refractivity contribution < 1.29 is 4.79 Å². The van der Waals surface area contributed by atoms with Crippen molar-refractivity contribution in [2.75, 3.05) is 13.6 Å². The van der Waals surface area contributed by atoms with Gasteiger partial charge in [0.15, 0.2) is 0 Å². The Morgan fingerprint density at radius 2 is 2.33 bits per heavy atom. The lowest BCUT2D eigenvalue weighted by Crippen LogP contribution is -2.43. The number of aryl methyl sites for hydroxylation is 1.